The molecule has 1 saturated carbocycles. The Bertz CT molecular complexity index is 392. The second-order valence-corrected chi connectivity index (χ2v) is 19.1. The van der Waals surface area contributed by atoms with Crippen molar-refractivity contribution >= 4 is 26.2 Å². The maximum Gasteiger partial charge on any atom is 0.241 e. The molecular weight excluding hydrogens is 284 g/mol. The Hall–Kier alpha value is -0.00935. The first kappa shape index (κ1) is 15.4. The summed E-state index contributed by atoms with van der Waals surface area (Å²) in [6, 6.07) is 0. The Morgan fingerprint density at radius 2 is 1.63 bits per heavy atom. The van der Waals surface area contributed by atoms with Gasteiger partial charge in [0, 0.05) is 20.5 Å². The van der Waals surface area contributed by atoms with Crippen molar-refractivity contribution < 1.29 is 8.85 Å². The van der Waals surface area contributed by atoms with Gasteiger partial charge in [-0.15, -0.1) is 0 Å². The molecule has 2 aliphatic rings. The molecule has 5 heteroatoms. The van der Waals surface area contributed by atoms with Gasteiger partial charge in [0.15, 0.2) is 0 Å². The van der Waals surface area contributed by atoms with Gasteiger partial charge < -0.3 is 8.85 Å². The van der Waals surface area contributed by atoms with E-state index in [-0.39, 0.29) is 9.52 Å². The van der Waals surface area contributed by atoms with Crippen LogP contribution in [0.5, 0.6) is 0 Å². The van der Waals surface area contributed by atoms with Crippen LogP contribution in [-0.4, -0.2) is 26.2 Å². The van der Waals surface area contributed by atoms with Gasteiger partial charge in [0.2, 0.25) is 16.6 Å². The van der Waals surface area contributed by atoms with Gasteiger partial charge in [0.25, 0.3) is 0 Å². The Kier molecular flexibility index (Phi) is 3.86. The molecule has 1 fully saturated rings. The largest absolute Gasteiger partial charge is 0.545 e. The third-order valence-electron chi connectivity index (χ3n) is 4.19. The lowest BCUT2D eigenvalue weighted by Crippen LogP contribution is -2.33. The molecule has 2 rings (SSSR count). The van der Waals surface area contributed by atoms with Crippen LogP contribution < -0.4 is 0 Å². The van der Waals surface area contributed by atoms with Crippen molar-refractivity contribution in [2.24, 2.45) is 5.92 Å². The lowest BCUT2D eigenvalue weighted by molar-refractivity contribution is 0.287. The molecule has 0 aromatic carbocycles. The van der Waals surface area contributed by atoms with Crippen molar-refractivity contribution in [2.45, 2.75) is 70.1 Å². The predicted octanol–water partition coefficient (Wildman–Crippen LogP) is 4.09. The van der Waals surface area contributed by atoms with Crippen molar-refractivity contribution in [3.05, 3.63) is 11.5 Å². The van der Waals surface area contributed by atoms with Gasteiger partial charge in [-0.25, -0.2) is 0 Å². The van der Waals surface area contributed by atoms with Crippen LogP contribution >= 0.6 is 0 Å². The van der Waals surface area contributed by atoms with Crippen LogP contribution in [0.4, 0.5) is 0 Å². The molecule has 0 spiro atoms. The van der Waals surface area contributed by atoms with Crippen LogP contribution in [0.15, 0.2) is 11.5 Å². The average Bonchev–Trinajstić information content (AvgIpc) is 2.74. The van der Waals surface area contributed by atoms with Crippen LogP contribution in [0.25, 0.3) is 0 Å². The first-order chi connectivity index (χ1) is 8.56. The average molecular weight is 315 g/mol. The molecule has 0 amide bonds. The summed E-state index contributed by atoms with van der Waals surface area (Å²) in [5.41, 5.74) is 0. The summed E-state index contributed by atoms with van der Waals surface area (Å²) in [5, 5.41) is 0.444. The maximum atomic E-state index is 6.54. The number of hydrogen-bond donors (Lipinski definition) is 0. The molecule has 0 aliphatic heterocycles. The molecule has 0 saturated heterocycles. The van der Waals surface area contributed by atoms with Crippen molar-refractivity contribution in [3.63, 3.8) is 0 Å². The van der Waals surface area contributed by atoms with E-state index >= 15 is 0 Å². The van der Waals surface area contributed by atoms with E-state index in [0.717, 1.165) is 0 Å². The van der Waals surface area contributed by atoms with Gasteiger partial charge in [-0.2, -0.15) is 0 Å². The van der Waals surface area contributed by atoms with Crippen LogP contribution in [-0.2, 0) is 8.85 Å². The first-order valence-corrected chi connectivity index (χ1v) is 16.6. The van der Waals surface area contributed by atoms with Gasteiger partial charge in [-0.05, 0) is 58.5 Å². The fourth-order valence-corrected chi connectivity index (χ4v) is 7.16. The summed E-state index contributed by atoms with van der Waals surface area (Å²) < 4.78 is 13.0. The van der Waals surface area contributed by atoms with Crippen LogP contribution in [0.2, 0.25) is 50.9 Å². The molecule has 2 unspecified atom stereocenters. The minimum Gasteiger partial charge on any atom is -0.545 e. The van der Waals surface area contributed by atoms with Gasteiger partial charge >= 0.3 is 0 Å². The molecule has 19 heavy (non-hydrogen) atoms. The maximum absolute atomic E-state index is 6.54. The molecule has 2 atom stereocenters. The topological polar surface area (TPSA) is 18.5 Å². The summed E-state index contributed by atoms with van der Waals surface area (Å²) in [5.74, 6) is 3.27. The van der Waals surface area contributed by atoms with E-state index in [1.807, 2.05) is 0 Å². The fraction of sp³-hybridized carbons (Fsp3) is 0.857. The molecule has 0 aromatic rings. The molecule has 0 radical (unpaired) electrons. The Balaban J connectivity index is 2.36. The van der Waals surface area contributed by atoms with E-state index in [4.69, 9.17) is 8.85 Å². The van der Waals surface area contributed by atoms with E-state index in [2.05, 4.69) is 45.8 Å². The molecular formula is C14H30O2Si3. The van der Waals surface area contributed by atoms with Crippen LogP contribution in [0.1, 0.15) is 19.3 Å². The summed E-state index contributed by atoms with van der Waals surface area (Å²) >= 11 is 0. The van der Waals surface area contributed by atoms with E-state index in [1.165, 1.54) is 30.8 Å². The zero-order valence-corrected chi connectivity index (χ0v) is 17.1. The Morgan fingerprint density at radius 1 is 1.05 bits per heavy atom. The molecule has 0 N–H and O–H groups in total. The van der Waals surface area contributed by atoms with Crippen LogP contribution in [0.3, 0.4) is 0 Å². The summed E-state index contributed by atoms with van der Waals surface area (Å²) in [7, 11) is -3.17. The van der Waals surface area contributed by atoms with Crippen molar-refractivity contribution in [3.8, 4) is 0 Å². The van der Waals surface area contributed by atoms with Crippen molar-refractivity contribution in [1.82, 2.24) is 0 Å². The Morgan fingerprint density at radius 3 is 2.11 bits per heavy atom. The van der Waals surface area contributed by atoms with Crippen molar-refractivity contribution in [2.75, 3.05) is 0 Å². The van der Waals surface area contributed by atoms with Gasteiger partial charge in [-0.1, -0.05) is 6.55 Å². The Labute approximate surface area is 123 Å². The molecule has 2 nitrogen and oxygen atoms in total. The lowest BCUT2D eigenvalue weighted by atomic mass is 10.0. The summed E-state index contributed by atoms with van der Waals surface area (Å²) in [6.45, 7) is 16.2. The quantitative estimate of drug-likeness (QED) is 0.712. The zero-order valence-electron chi connectivity index (χ0n) is 13.7. The standard InChI is InChI=1S/C14H30O2Si3/c1-17-14-9-8-11(10-14)12(15-18(2,3)4)13(14)16-19(5,6)7/h11H,8-10,17H2,1-7H3. The van der Waals surface area contributed by atoms with Gasteiger partial charge in [0.1, 0.15) is 11.5 Å². The second-order valence-electron chi connectivity index (χ2n) is 8.20. The third-order valence-corrected chi connectivity index (χ3v) is 8.15. The van der Waals surface area contributed by atoms with E-state index in [1.54, 1.807) is 0 Å². The van der Waals surface area contributed by atoms with E-state index in [9.17, 15) is 0 Å². The minimum atomic E-state index is -1.54. The number of allylic oxidation sites excluding steroid dienone is 2. The predicted molar refractivity (Wildman–Crippen MR) is 90.3 cm³/mol. The summed E-state index contributed by atoms with van der Waals surface area (Å²) in [4.78, 5) is 0. The summed E-state index contributed by atoms with van der Waals surface area (Å²) in [6.07, 6.45) is 4.02. The minimum absolute atomic E-state index is 0.101. The smallest absolute Gasteiger partial charge is 0.241 e. The molecule has 110 valence electrons. The van der Waals surface area contributed by atoms with Crippen LogP contribution in [0, 0.1) is 5.92 Å². The lowest BCUT2D eigenvalue weighted by Gasteiger charge is -2.36. The van der Waals surface area contributed by atoms with Gasteiger partial charge in [0.05, 0.1) is 0 Å². The van der Waals surface area contributed by atoms with Gasteiger partial charge in [-0.3, -0.25) is 0 Å². The molecule has 2 bridgehead atoms. The van der Waals surface area contributed by atoms with E-state index < -0.39 is 16.6 Å². The normalized spacial score (nSPS) is 31.6. The molecule has 2 aliphatic carbocycles. The molecule has 0 aromatic heterocycles. The zero-order chi connectivity index (χ0) is 14.5. The number of fused-ring (bicyclic) bond motifs is 2. The van der Waals surface area contributed by atoms with E-state index in [0.29, 0.717) is 11.0 Å². The first-order valence-electron chi connectivity index (χ1n) is 7.69. The highest BCUT2D eigenvalue weighted by Gasteiger charge is 2.53. The second kappa shape index (κ2) is 4.77. The SMILES string of the molecule is C[SiH2]C12CCC(C1)C(O[Si](C)(C)C)=C2O[Si](C)(C)C. The monoisotopic (exact) mass is 314 g/mol. The molecule has 0 heterocycles. The fourth-order valence-electron chi connectivity index (χ4n) is 3.41. The number of hydrogen-bond acceptors (Lipinski definition) is 2. The highest BCUT2D eigenvalue weighted by Crippen LogP contribution is 2.63. The van der Waals surface area contributed by atoms with Crippen molar-refractivity contribution in [1.29, 1.82) is 0 Å². The third kappa shape index (κ3) is 3.19. The number of rotatable bonds is 5. The highest BCUT2D eigenvalue weighted by molar-refractivity contribution is 6.70. The highest BCUT2D eigenvalue weighted by atomic mass is 28.4.